The molecule has 0 spiro atoms. The van der Waals surface area contributed by atoms with Gasteiger partial charge in [0.15, 0.2) is 5.16 Å². The van der Waals surface area contributed by atoms with Crippen molar-refractivity contribution in [1.29, 1.82) is 0 Å². The highest BCUT2D eigenvalue weighted by Crippen LogP contribution is 2.25. The summed E-state index contributed by atoms with van der Waals surface area (Å²) in [6.07, 6.45) is 0. The maximum atomic E-state index is 14.0. The molecule has 1 heterocycles. The fourth-order valence-corrected chi connectivity index (χ4v) is 4.39. The molecule has 5 nitrogen and oxygen atoms in total. The van der Waals surface area contributed by atoms with E-state index < -0.39 is 11.7 Å². The van der Waals surface area contributed by atoms with Gasteiger partial charge in [-0.05, 0) is 42.8 Å². The Morgan fingerprint density at radius 3 is 2.59 bits per heavy atom. The van der Waals surface area contributed by atoms with E-state index in [0.717, 1.165) is 23.4 Å². The van der Waals surface area contributed by atoms with Crippen molar-refractivity contribution in [2.45, 2.75) is 18.1 Å². The number of amides is 1. The number of halogens is 2. The van der Waals surface area contributed by atoms with E-state index in [2.05, 4.69) is 10.3 Å². The zero-order valence-corrected chi connectivity index (χ0v) is 18.7. The number of carbonyl (C=O) groups is 1. The van der Waals surface area contributed by atoms with E-state index in [1.165, 1.54) is 12.1 Å². The monoisotopic (exact) mass is 467 g/mol. The van der Waals surface area contributed by atoms with E-state index in [0.29, 0.717) is 16.1 Å². The van der Waals surface area contributed by atoms with Crippen molar-refractivity contribution in [3.63, 3.8) is 0 Å². The molecule has 0 saturated carbocycles. The highest BCUT2D eigenvalue weighted by molar-refractivity contribution is 7.99. The molecule has 1 N–H and O–H groups in total. The summed E-state index contributed by atoms with van der Waals surface area (Å²) in [4.78, 5) is 30.4. The van der Waals surface area contributed by atoms with Gasteiger partial charge in [0.2, 0.25) is 5.91 Å². The molecule has 1 atom stereocenters. The maximum Gasteiger partial charge on any atom is 0.262 e. The number of nitrogens with one attached hydrogen (secondary N) is 1. The Morgan fingerprint density at radius 1 is 1.12 bits per heavy atom. The fraction of sp³-hybridized carbons (Fsp3) is 0.125. The van der Waals surface area contributed by atoms with E-state index >= 15 is 0 Å². The minimum absolute atomic E-state index is 0.0431. The lowest BCUT2D eigenvalue weighted by atomic mass is 10.1. The van der Waals surface area contributed by atoms with Crippen LogP contribution in [0.25, 0.3) is 10.9 Å². The number of aromatic nitrogens is 2. The van der Waals surface area contributed by atoms with Gasteiger partial charge in [-0.2, -0.15) is 0 Å². The third-order valence-corrected chi connectivity index (χ3v) is 6.17. The lowest BCUT2D eigenvalue weighted by Crippen LogP contribution is -2.27. The van der Waals surface area contributed by atoms with Crippen LogP contribution in [0.2, 0.25) is 5.02 Å². The molecule has 3 aromatic carbocycles. The van der Waals surface area contributed by atoms with Crippen molar-refractivity contribution in [1.82, 2.24) is 9.55 Å². The Bertz CT molecular complexity index is 1340. The Morgan fingerprint density at radius 2 is 1.84 bits per heavy atom. The SMILES string of the molecule is C[C@@H](c1ccccc1)n1c(SCC(=O)Nc2ccc(Cl)cc2F)nc2ccccc2c1=O. The van der Waals surface area contributed by atoms with Gasteiger partial charge in [-0.3, -0.25) is 14.2 Å². The second-order valence-electron chi connectivity index (χ2n) is 7.13. The number of para-hydroxylation sites is 1. The van der Waals surface area contributed by atoms with Crippen molar-refractivity contribution in [2.24, 2.45) is 0 Å². The molecule has 1 amide bonds. The second kappa shape index (κ2) is 9.54. The molecule has 0 saturated heterocycles. The van der Waals surface area contributed by atoms with Crippen LogP contribution < -0.4 is 10.9 Å². The van der Waals surface area contributed by atoms with Crippen LogP contribution in [-0.4, -0.2) is 21.2 Å². The first-order chi connectivity index (χ1) is 15.4. The van der Waals surface area contributed by atoms with Gasteiger partial charge in [0, 0.05) is 5.02 Å². The normalized spacial score (nSPS) is 12.0. The summed E-state index contributed by atoms with van der Waals surface area (Å²) in [6, 6.07) is 20.5. The van der Waals surface area contributed by atoms with E-state index in [1.807, 2.05) is 43.3 Å². The molecule has 0 radical (unpaired) electrons. The van der Waals surface area contributed by atoms with Crippen LogP contribution in [0.15, 0.2) is 82.7 Å². The van der Waals surface area contributed by atoms with Crippen molar-refractivity contribution in [2.75, 3.05) is 11.1 Å². The standard InChI is InChI=1S/C24H19ClFN3O2S/c1-15(16-7-3-2-4-8-16)29-23(31)18-9-5-6-10-20(18)28-24(29)32-14-22(30)27-21-12-11-17(25)13-19(21)26/h2-13,15H,14H2,1H3,(H,27,30)/t15-/m0/s1. The zero-order valence-electron chi connectivity index (χ0n) is 17.1. The van der Waals surface area contributed by atoms with Gasteiger partial charge < -0.3 is 5.32 Å². The average molecular weight is 468 g/mol. The van der Waals surface area contributed by atoms with Gasteiger partial charge in [0.1, 0.15) is 5.82 Å². The second-order valence-corrected chi connectivity index (χ2v) is 8.51. The van der Waals surface area contributed by atoms with E-state index in [4.69, 9.17) is 11.6 Å². The van der Waals surface area contributed by atoms with E-state index in [-0.39, 0.29) is 28.1 Å². The van der Waals surface area contributed by atoms with E-state index in [9.17, 15) is 14.0 Å². The van der Waals surface area contributed by atoms with Crippen molar-refractivity contribution < 1.29 is 9.18 Å². The first-order valence-electron chi connectivity index (χ1n) is 9.88. The number of thioether (sulfide) groups is 1. The molecule has 1 aromatic heterocycles. The lowest BCUT2D eigenvalue weighted by Gasteiger charge is -2.20. The number of hydrogen-bond acceptors (Lipinski definition) is 4. The molecule has 0 aliphatic rings. The van der Waals surface area contributed by atoms with Crippen LogP contribution in [0.3, 0.4) is 0 Å². The largest absolute Gasteiger partial charge is 0.323 e. The molecule has 0 unspecified atom stereocenters. The summed E-state index contributed by atoms with van der Waals surface area (Å²) in [7, 11) is 0. The quantitative estimate of drug-likeness (QED) is 0.299. The van der Waals surface area contributed by atoms with Crippen molar-refractivity contribution in [3.8, 4) is 0 Å². The molecule has 0 aliphatic heterocycles. The lowest BCUT2D eigenvalue weighted by molar-refractivity contribution is -0.113. The smallest absolute Gasteiger partial charge is 0.262 e. The summed E-state index contributed by atoms with van der Waals surface area (Å²) in [5, 5.41) is 3.70. The molecule has 0 bridgehead atoms. The number of nitrogens with zero attached hydrogens (tertiary/aromatic N) is 2. The summed E-state index contributed by atoms with van der Waals surface area (Å²) >= 11 is 6.88. The summed E-state index contributed by atoms with van der Waals surface area (Å²) in [5.41, 5.74) is 1.36. The van der Waals surface area contributed by atoms with Gasteiger partial charge >= 0.3 is 0 Å². The molecule has 0 aliphatic carbocycles. The van der Waals surface area contributed by atoms with Crippen LogP contribution in [0.1, 0.15) is 18.5 Å². The topological polar surface area (TPSA) is 64.0 Å². The zero-order chi connectivity index (χ0) is 22.7. The van der Waals surface area contributed by atoms with Crippen LogP contribution >= 0.6 is 23.4 Å². The molecular formula is C24H19ClFN3O2S. The van der Waals surface area contributed by atoms with Gasteiger partial charge in [-0.15, -0.1) is 0 Å². The Hall–Kier alpha value is -3.16. The first-order valence-corrected chi connectivity index (χ1v) is 11.2. The van der Waals surface area contributed by atoms with Crippen LogP contribution in [-0.2, 0) is 4.79 Å². The number of carbonyl (C=O) groups excluding carboxylic acids is 1. The molecule has 162 valence electrons. The summed E-state index contributed by atoms with van der Waals surface area (Å²) < 4.78 is 15.6. The predicted molar refractivity (Wildman–Crippen MR) is 127 cm³/mol. The molecule has 32 heavy (non-hydrogen) atoms. The minimum Gasteiger partial charge on any atom is -0.323 e. The van der Waals surface area contributed by atoms with Gasteiger partial charge in [0.25, 0.3) is 5.56 Å². The average Bonchev–Trinajstić information content (AvgIpc) is 2.80. The Labute approximate surface area is 193 Å². The highest BCUT2D eigenvalue weighted by Gasteiger charge is 2.19. The Kier molecular flexibility index (Phi) is 6.58. The van der Waals surface area contributed by atoms with Crippen molar-refractivity contribution in [3.05, 3.63) is 99.6 Å². The number of hydrogen-bond donors (Lipinski definition) is 1. The molecular weight excluding hydrogens is 449 g/mol. The number of rotatable bonds is 6. The fourth-order valence-electron chi connectivity index (χ4n) is 3.36. The minimum atomic E-state index is -0.616. The molecule has 8 heteroatoms. The van der Waals surface area contributed by atoms with Gasteiger partial charge in [-0.1, -0.05) is 65.8 Å². The summed E-state index contributed by atoms with van der Waals surface area (Å²) in [6.45, 7) is 1.92. The third-order valence-electron chi connectivity index (χ3n) is 4.98. The van der Waals surface area contributed by atoms with Crippen molar-refractivity contribution >= 4 is 45.9 Å². The Balaban J connectivity index is 1.65. The number of anilines is 1. The van der Waals surface area contributed by atoms with Crippen LogP contribution in [0, 0.1) is 5.82 Å². The molecule has 4 aromatic rings. The van der Waals surface area contributed by atoms with E-state index in [1.54, 1.807) is 22.8 Å². The van der Waals surface area contributed by atoms with Crippen LogP contribution in [0.4, 0.5) is 10.1 Å². The maximum absolute atomic E-state index is 14.0. The summed E-state index contributed by atoms with van der Waals surface area (Å²) in [5.74, 6) is -1.08. The van der Waals surface area contributed by atoms with Gasteiger partial charge in [-0.25, -0.2) is 9.37 Å². The predicted octanol–water partition coefficient (Wildman–Crippen LogP) is 5.53. The van der Waals surface area contributed by atoms with Crippen LogP contribution in [0.5, 0.6) is 0 Å². The number of benzene rings is 3. The highest BCUT2D eigenvalue weighted by atomic mass is 35.5. The molecule has 0 fully saturated rings. The van der Waals surface area contributed by atoms with Gasteiger partial charge in [0.05, 0.1) is 28.4 Å². The number of fused-ring (bicyclic) bond motifs is 1. The molecule has 4 rings (SSSR count). The first kappa shape index (κ1) is 22.0. The third kappa shape index (κ3) is 4.69.